The quantitative estimate of drug-likeness (QED) is 0.216. The number of halogens is 1. The minimum absolute atomic E-state index is 0. The summed E-state index contributed by atoms with van der Waals surface area (Å²) < 4.78 is 10.9. The Morgan fingerprint density at radius 1 is 1.00 bits per heavy atom. The monoisotopic (exact) mass is 526 g/mol. The first-order chi connectivity index (χ1) is 14.1. The molecule has 30 heavy (non-hydrogen) atoms. The zero-order valence-corrected chi connectivity index (χ0v) is 20.1. The van der Waals surface area contributed by atoms with Crippen LogP contribution in [0.25, 0.3) is 0 Å². The highest BCUT2D eigenvalue weighted by atomic mass is 127. The molecule has 0 aliphatic heterocycles. The maximum absolute atomic E-state index is 11.8. The molecule has 1 amide bonds. The summed E-state index contributed by atoms with van der Waals surface area (Å²) in [6, 6.07) is 17.8. The topological polar surface area (TPSA) is 75.2 Å². The van der Waals surface area contributed by atoms with Gasteiger partial charge >= 0.3 is 0 Å². The van der Waals surface area contributed by atoms with Crippen LogP contribution in [-0.4, -0.2) is 57.7 Å². The van der Waals surface area contributed by atoms with Crippen LogP contribution in [0, 0.1) is 0 Å². The SMILES string of the molecule is COc1ccc(COCCNC(=NCc2ccccc2)NCC(=O)N(C)C)cc1.I. The van der Waals surface area contributed by atoms with Gasteiger partial charge in [-0.2, -0.15) is 0 Å². The van der Waals surface area contributed by atoms with Gasteiger partial charge in [-0.3, -0.25) is 4.79 Å². The van der Waals surface area contributed by atoms with Crippen LogP contribution in [0.1, 0.15) is 11.1 Å². The number of benzene rings is 2. The van der Waals surface area contributed by atoms with E-state index in [2.05, 4.69) is 15.6 Å². The molecule has 0 unspecified atom stereocenters. The summed E-state index contributed by atoms with van der Waals surface area (Å²) in [4.78, 5) is 17.9. The van der Waals surface area contributed by atoms with Gasteiger partial charge in [-0.25, -0.2) is 4.99 Å². The number of nitrogens with one attached hydrogen (secondary N) is 2. The number of methoxy groups -OCH3 is 1. The molecule has 0 heterocycles. The molecule has 0 spiro atoms. The van der Waals surface area contributed by atoms with Gasteiger partial charge in [0, 0.05) is 20.6 Å². The summed E-state index contributed by atoms with van der Waals surface area (Å²) in [5.74, 6) is 1.39. The molecule has 7 nitrogen and oxygen atoms in total. The number of guanidine groups is 1. The molecule has 0 radical (unpaired) electrons. The molecule has 2 aromatic carbocycles. The van der Waals surface area contributed by atoms with Crippen molar-refractivity contribution < 1.29 is 14.3 Å². The van der Waals surface area contributed by atoms with E-state index in [-0.39, 0.29) is 36.4 Å². The van der Waals surface area contributed by atoms with Gasteiger partial charge in [-0.05, 0) is 23.3 Å². The first-order valence-corrected chi connectivity index (χ1v) is 9.55. The molecule has 2 aromatic rings. The van der Waals surface area contributed by atoms with Crippen LogP contribution in [-0.2, 0) is 22.7 Å². The third-order valence-corrected chi connectivity index (χ3v) is 4.14. The Bertz CT molecular complexity index is 768. The van der Waals surface area contributed by atoms with E-state index in [1.54, 1.807) is 26.1 Å². The lowest BCUT2D eigenvalue weighted by molar-refractivity contribution is -0.127. The van der Waals surface area contributed by atoms with E-state index >= 15 is 0 Å². The molecule has 0 bridgehead atoms. The van der Waals surface area contributed by atoms with Crippen molar-refractivity contribution >= 4 is 35.8 Å². The van der Waals surface area contributed by atoms with Gasteiger partial charge in [-0.1, -0.05) is 42.5 Å². The van der Waals surface area contributed by atoms with Crippen molar-refractivity contribution in [3.8, 4) is 5.75 Å². The van der Waals surface area contributed by atoms with E-state index in [9.17, 15) is 4.79 Å². The third kappa shape index (κ3) is 9.93. The van der Waals surface area contributed by atoms with Gasteiger partial charge in [0.15, 0.2) is 5.96 Å². The summed E-state index contributed by atoms with van der Waals surface area (Å²) in [6.45, 7) is 2.32. The average Bonchev–Trinajstić information content (AvgIpc) is 2.75. The lowest BCUT2D eigenvalue weighted by atomic mass is 10.2. The number of carbonyl (C=O) groups excluding carboxylic acids is 1. The molecule has 0 fully saturated rings. The lowest BCUT2D eigenvalue weighted by Crippen LogP contribution is -2.43. The number of aliphatic imine (C=N–C) groups is 1. The minimum atomic E-state index is -0.0185. The van der Waals surface area contributed by atoms with Gasteiger partial charge in [0.25, 0.3) is 0 Å². The summed E-state index contributed by atoms with van der Waals surface area (Å²) in [5, 5.41) is 6.28. The summed E-state index contributed by atoms with van der Waals surface area (Å²) in [5.41, 5.74) is 2.18. The molecule has 2 N–H and O–H groups in total. The first kappa shape index (κ1) is 25.7. The Morgan fingerprint density at radius 3 is 2.33 bits per heavy atom. The highest BCUT2D eigenvalue weighted by molar-refractivity contribution is 14.0. The van der Waals surface area contributed by atoms with Crippen LogP contribution in [0.15, 0.2) is 59.6 Å². The number of nitrogens with zero attached hydrogens (tertiary/aromatic N) is 2. The Balaban J connectivity index is 0.00000450. The van der Waals surface area contributed by atoms with Crippen LogP contribution in [0.2, 0.25) is 0 Å². The smallest absolute Gasteiger partial charge is 0.241 e. The largest absolute Gasteiger partial charge is 0.497 e. The van der Waals surface area contributed by atoms with Crippen molar-refractivity contribution in [2.75, 3.05) is 40.9 Å². The highest BCUT2D eigenvalue weighted by Crippen LogP contribution is 2.11. The number of hydrogen-bond donors (Lipinski definition) is 2. The lowest BCUT2D eigenvalue weighted by Gasteiger charge is -2.15. The fraction of sp³-hybridized carbons (Fsp3) is 0.364. The molecule has 0 atom stereocenters. The Morgan fingerprint density at radius 2 is 1.70 bits per heavy atom. The number of ether oxygens (including phenoxy) is 2. The molecular weight excluding hydrogens is 495 g/mol. The predicted octanol–water partition coefficient (Wildman–Crippen LogP) is 2.65. The Kier molecular flexibility index (Phi) is 12.5. The maximum Gasteiger partial charge on any atom is 0.241 e. The molecule has 8 heteroatoms. The number of amides is 1. The van der Waals surface area contributed by atoms with E-state index in [4.69, 9.17) is 9.47 Å². The molecule has 0 saturated heterocycles. The van der Waals surface area contributed by atoms with Crippen molar-refractivity contribution in [1.29, 1.82) is 0 Å². The fourth-order valence-electron chi connectivity index (χ4n) is 2.40. The maximum atomic E-state index is 11.8. The second-order valence-electron chi connectivity index (χ2n) is 6.62. The van der Waals surface area contributed by atoms with Crippen molar-refractivity contribution in [3.05, 3.63) is 65.7 Å². The van der Waals surface area contributed by atoms with Crippen LogP contribution < -0.4 is 15.4 Å². The average molecular weight is 526 g/mol. The van der Waals surface area contributed by atoms with Crippen LogP contribution in [0.4, 0.5) is 0 Å². The first-order valence-electron chi connectivity index (χ1n) is 9.55. The van der Waals surface area contributed by atoms with E-state index in [1.165, 1.54) is 0 Å². The highest BCUT2D eigenvalue weighted by Gasteiger charge is 2.06. The molecule has 0 aliphatic rings. The Labute approximate surface area is 195 Å². The summed E-state index contributed by atoms with van der Waals surface area (Å²) in [7, 11) is 5.10. The van der Waals surface area contributed by atoms with Crippen LogP contribution in [0.3, 0.4) is 0 Å². The zero-order chi connectivity index (χ0) is 20.9. The van der Waals surface area contributed by atoms with Gasteiger partial charge < -0.3 is 25.0 Å². The van der Waals surface area contributed by atoms with Crippen molar-refractivity contribution in [2.24, 2.45) is 4.99 Å². The predicted molar refractivity (Wildman–Crippen MR) is 130 cm³/mol. The van der Waals surface area contributed by atoms with Crippen LogP contribution >= 0.6 is 24.0 Å². The minimum Gasteiger partial charge on any atom is -0.497 e. The number of hydrogen-bond acceptors (Lipinski definition) is 4. The Hall–Kier alpha value is -2.33. The molecule has 0 aromatic heterocycles. The van der Waals surface area contributed by atoms with Crippen LogP contribution in [0.5, 0.6) is 5.75 Å². The van der Waals surface area contributed by atoms with Gasteiger partial charge in [0.1, 0.15) is 5.75 Å². The van der Waals surface area contributed by atoms with Crippen molar-refractivity contribution in [2.45, 2.75) is 13.2 Å². The summed E-state index contributed by atoms with van der Waals surface area (Å²) in [6.07, 6.45) is 0. The van der Waals surface area contributed by atoms with Gasteiger partial charge in [0.2, 0.25) is 5.91 Å². The van der Waals surface area contributed by atoms with Gasteiger partial charge in [0.05, 0.1) is 33.4 Å². The third-order valence-electron chi connectivity index (χ3n) is 4.14. The normalized spacial score (nSPS) is 10.7. The molecule has 2 rings (SSSR count). The zero-order valence-electron chi connectivity index (χ0n) is 17.8. The fourth-order valence-corrected chi connectivity index (χ4v) is 2.40. The second-order valence-corrected chi connectivity index (χ2v) is 6.62. The van der Waals surface area contributed by atoms with Crippen molar-refractivity contribution in [3.63, 3.8) is 0 Å². The van der Waals surface area contributed by atoms with Gasteiger partial charge in [-0.15, -0.1) is 24.0 Å². The van der Waals surface area contributed by atoms with E-state index in [0.717, 1.165) is 16.9 Å². The molecular formula is C22H31IN4O3. The van der Waals surface area contributed by atoms with Crippen molar-refractivity contribution in [1.82, 2.24) is 15.5 Å². The van der Waals surface area contributed by atoms with E-state index in [1.807, 2.05) is 54.6 Å². The number of likely N-dealkylation sites (N-methyl/N-ethyl adjacent to an activating group) is 1. The summed E-state index contributed by atoms with van der Waals surface area (Å²) >= 11 is 0. The number of carbonyl (C=O) groups is 1. The second kappa shape index (κ2) is 14.6. The molecule has 0 saturated carbocycles. The standard InChI is InChI=1S/C22H30N4O3.HI/c1-26(2)21(27)16-25-22(24-15-18-7-5-4-6-8-18)23-13-14-29-17-19-9-11-20(28-3)12-10-19;/h4-12H,13-17H2,1-3H3,(H2,23,24,25);1H. The van der Waals surface area contributed by atoms with E-state index in [0.29, 0.717) is 32.3 Å². The number of rotatable bonds is 10. The molecule has 0 aliphatic carbocycles. The molecule has 164 valence electrons. The van der Waals surface area contributed by atoms with E-state index < -0.39 is 0 Å².